The molecule has 3 rings (SSSR count). The first-order valence-corrected chi connectivity index (χ1v) is 7.89. The number of carboxylic acids is 1. The van der Waals surface area contributed by atoms with E-state index in [0.29, 0.717) is 30.2 Å². The van der Waals surface area contributed by atoms with E-state index in [2.05, 4.69) is 12.1 Å². The largest absolute Gasteiger partial charge is 0.497 e. The van der Waals surface area contributed by atoms with E-state index in [1.165, 1.54) is 11.1 Å². The maximum absolute atomic E-state index is 12.0. The molecular formula is C19H21NO4. The van der Waals surface area contributed by atoms with E-state index >= 15 is 0 Å². The fraction of sp³-hybridized carbons (Fsp3) is 0.316. The highest BCUT2D eigenvalue weighted by Gasteiger charge is 2.32. The molecule has 24 heavy (non-hydrogen) atoms. The van der Waals surface area contributed by atoms with E-state index in [1.54, 1.807) is 32.4 Å². The van der Waals surface area contributed by atoms with E-state index in [0.717, 1.165) is 6.42 Å². The Morgan fingerprint density at radius 2 is 1.88 bits per heavy atom. The van der Waals surface area contributed by atoms with Gasteiger partial charge in [-0.15, -0.1) is 0 Å². The molecular weight excluding hydrogens is 306 g/mol. The summed E-state index contributed by atoms with van der Waals surface area (Å²) < 4.78 is 10.7. The van der Waals surface area contributed by atoms with Gasteiger partial charge >= 0.3 is 5.97 Å². The summed E-state index contributed by atoms with van der Waals surface area (Å²) in [5.74, 6) is 0.289. The van der Waals surface area contributed by atoms with Crippen LogP contribution in [-0.4, -0.2) is 36.7 Å². The Morgan fingerprint density at radius 1 is 1.12 bits per heavy atom. The lowest BCUT2D eigenvalue weighted by Crippen LogP contribution is -2.38. The van der Waals surface area contributed by atoms with Crippen LogP contribution < -0.4 is 9.47 Å². The second-order valence-electron chi connectivity index (χ2n) is 5.84. The van der Waals surface area contributed by atoms with Crippen LogP contribution >= 0.6 is 0 Å². The SMILES string of the molecule is COc1ccc(OC)c([C@@H](C(=O)O)N2CCc3ccccc3C2)c1. The van der Waals surface area contributed by atoms with Gasteiger partial charge in [-0.1, -0.05) is 24.3 Å². The zero-order valence-corrected chi connectivity index (χ0v) is 13.9. The van der Waals surface area contributed by atoms with Gasteiger partial charge in [-0.3, -0.25) is 9.69 Å². The number of hydrogen-bond acceptors (Lipinski definition) is 4. The standard InChI is InChI=1S/C19H21NO4/c1-23-15-7-8-17(24-2)16(11-15)18(19(21)22)20-10-9-13-5-3-4-6-14(13)12-20/h3-8,11,18H,9-10,12H2,1-2H3,(H,21,22)/t18-/m0/s1. The molecule has 2 aromatic carbocycles. The van der Waals surface area contributed by atoms with Crippen LogP contribution in [-0.2, 0) is 17.8 Å². The van der Waals surface area contributed by atoms with Crippen LogP contribution in [0.5, 0.6) is 11.5 Å². The van der Waals surface area contributed by atoms with E-state index in [-0.39, 0.29) is 0 Å². The molecule has 0 saturated heterocycles. The molecule has 5 heteroatoms. The zero-order chi connectivity index (χ0) is 17.1. The van der Waals surface area contributed by atoms with Crippen LogP contribution in [0.4, 0.5) is 0 Å². The number of methoxy groups -OCH3 is 2. The van der Waals surface area contributed by atoms with Crippen molar-refractivity contribution in [1.82, 2.24) is 4.90 Å². The van der Waals surface area contributed by atoms with Crippen molar-refractivity contribution in [3.8, 4) is 11.5 Å². The van der Waals surface area contributed by atoms with E-state index in [1.807, 2.05) is 17.0 Å². The molecule has 1 heterocycles. The van der Waals surface area contributed by atoms with Gasteiger partial charge in [0.1, 0.15) is 17.5 Å². The number of ether oxygens (including phenoxy) is 2. The lowest BCUT2D eigenvalue weighted by molar-refractivity contribution is -0.144. The summed E-state index contributed by atoms with van der Waals surface area (Å²) in [7, 11) is 3.12. The van der Waals surface area contributed by atoms with Crippen LogP contribution in [0.3, 0.4) is 0 Å². The smallest absolute Gasteiger partial charge is 0.325 e. The van der Waals surface area contributed by atoms with Crippen molar-refractivity contribution in [3.05, 3.63) is 59.2 Å². The van der Waals surface area contributed by atoms with E-state index < -0.39 is 12.0 Å². The normalized spacial score (nSPS) is 15.4. The minimum atomic E-state index is -0.888. The van der Waals surface area contributed by atoms with Crippen molar-refractivity contribution < 1.29 is 19.4 Å². The molecule has 0 amide bonds. The number of fused-ring (bicyclic) bond motifs is 1. The number of rotatable bonds is 5. The van der Waals surface area contributed by atoms with E-state index in [9.17, 15) is 9.90 Å². The molecule has 0 aliphatic carbocycles. The van der Waals surface area contributed by atoms with Gasteiger partial charge in [-0.05, 0) is 35.7 Å². The molecule has 1 N–H and O–H groups in total. The summed E-state index contributed by atoms with van der Waals surface area (Å²) in [5.41, 5.74) is 3.08. The minimum Gasteiger partial charge on any atom is -0.497 e. The van der Waals surface area contributed by atoms with Crippen molar-refractivity contribution in [2.45, 2.75) is 19.0 Å². The van der Waals surface area contributed by atoms with Crippen molar-refractivity contribution >= 4 is 5.97 Å². The fourth-order valence-electron chi connectivity index (χ4n) is 3.28. The topological polar surface area (TPSA) is 59.0 Å². The van der Waals surface area contributed by atoms with Gasteiger partial charge in [0, 0.05) is 18.7 Å². The van der Waals surface area contributed by atoms with Gasteiger partial charge < -0.3 is 14.6 Å². The highest BCUT2D eigenvalue weighted by molar-refractivity contribution is 5.77. The molecule has 0 fully saturated rings. The second kappa shape index (κ2) is 6.93. The summed E-state index contributed by atoms with van der Waals surface area (Å²) >= 11 is 0. The van der Waals surface area contributed by atoms with Crippen LogP contribution in [0.25, 0.3) is 0 Å². The lowest BCUT2D eigenvalue weighted by Gasteiger charge is -2.34. The minimum absolute atomic E-state index is 0.557. The van der Waals surface area contributed by atoms with Crippen molar-refractivity contribution in [1.29, 1.82) is 0 Å². The van der Waals surface area contributed by atoms with Crippen LogP contribution in [0.2, 0.25) is 0 Å². The number of hydrogen-bond donors (Lipinski definition) is 1. The molecule has 2 aromatic rings. The first kappa shape index (κ1) is 16.3. The molecule has 1 atom stereocenters. The number of carbonyl (C=O) groups is 1. The maximum Gasteiger partial charge on any atom is 0.325 e. The van der Waals surface area contributed by atoms with Gasteiger partial charge in [0.2, 0.25) is 0 Å². The molecule has 1 aliphatic rings. The molecule has 126 valence electrons. The number of carboxylic acid groups (broad SMARTS) is 1. The summed E-state index contributed by atoms with van der Waals surface area (Å²) in [6.07, 6.45) is 0.840. The molecule has 5 nitrogen and oxygen atoms in total. The quantitative estimate of drug-likeness (QED) is 0.915. The van der Waals surface area contributed by atoms with Crippen molar-refractivity contribution in [2.24, 2.45) is 0 Å². The summed E-state index contributed by atoms with van der Waals surface area (Å²) in [6, 6.07) is 12.7. The van der Waals surface area contributed by atoms with E-state index in [4.69, 9.17) is 9.47 Å². The Morgan fingerprint density at radius 3 is 2.54 bits per heavy atom. The van der Waals surface area contributed by atoms with Gasteiger partial charge in [-0.2, -0.15) is 0 Å². The molecule has 1 aliphatic heterocycles. The highest BCUT2D eigenvalue weighted by Crippen LogP contribution is 2.35. The first-order valence-electron chi connectivity index (χ1n) is 7.89. The molecule has 0 aromatic heterocycles. The average molecular weight is 327 g/mol. The summed E-state index contributed by atoms with van der Waals surface area (Å²) in [4.78, 5) is 14.0. The Bertz CT molecular complexity index is 744. The van der Waals surface area contributed by atoms with Gasteiger partial charge in [0.25, 0.3) is 0 Å². The van der Waals surface area contributed by atoms with Gasteiger partial charge in [0.05, 0.1) is 14.2 Å². The Balaban J connectivity index is 1.98. The van der Waals surface area contributed by atoms with Crippen LogP contribution in [0.1, 0.15) is 22.7 Å². The number of benzene rings is 2. The second-order valence-corrected chi connectivity index (χ2v) is 5.84. The average Bonchev–Trinajstić information content (AvgIpc) is 2.61. The number of nitrogens with zero attached hydrogens (tertiary/aromatic N) is 1. The Hall–Kier alpha value is -2.53. The third-order valence-electron chi connectivity index (χ3n) is 4.49. The molecule has 0 saturated carbocycles. The predicted molar refractivity (Wildman–Crippen MR) is 90.5 cm³/mol. The molecule has 0 spiro atoms. The van der Waals surface area contributed by atoms with Crippen LogP contribution in [0, 0.1) is 0 Å². The lowest BCUT2D eigenvalue weighted by atomic mass is 9.96. The fourth-order valence-corrected chi connectivity index (χ4v) is 3.28. The van der Waals surface area contributed by atoms with Gasteiger partial charge in [0.15, 0.2) is 0 Å². The Labute approximate surface area is 141 Å². The number of aliphatic carboxylic acids is 1. The summed E-state index contributed by atoms with van der Waals surface area (Å²) in [6.45, 7) is 1.29. The highest BCUT2D eigenvalue weighted by atomic mass is 16.5. The van der Waals surface area contributed by atoms with Crippen LogP contribution in [0.15, 0.2) is 42.5 Å². The third-order valence-corrected chi connectivity index (χ3v) is 4.49. The molecule has 0 bridgehead atoms. The van der Waals surface area contributed by atoms with Gasteiger partial charge in [-0.25, -0.2) is 0 Å². The molecule has 0 radical (unpaired) electrons. The monoisotopic (exact) mass is 327 g/mol. The summed E-state index contributed by atoms with van der Waals surface area (Å²) in [5, 5.41) is 9.87. The van der Waals surface area contributed by atoms with Crippen molar-refractivity contribution in [2.75, 3.05) is 20.8 Å². The predicted octanol–water partition coefficient (Wildman–Crippen LogP) is 2.89. The third kappa shape index (κ3) is 3.08. The Kier molecular flexibility index (Phi) is 4.71. The van der Waals surface area contributed by atoms with Crippen molar-refractivity contribution in [3.63, 3.8) is 0 Å². The zero-order valence-electron chi connectivity index (χ0n) is 13.9. The first-order chi connectivity index (χ1) is 11.6. The maximum atomic E-state index is 12.0. The molecule has 0 unspecified atom stereocenters.